The van der Waals surface area contributed by atoms with Crippen LogP contribution < -0.4 is 0 Å². The minimum absolute atomic E-state index is 0.107. The van der Waals surface area contributed by atoms with Gasteiger partial charge >= 0.3 is 0 Å². The number of carbonyl (C=O) groups is 1. The molecule has 1 aliphatic carbocycles. The summed E-state index contributed by atoms with van der Waals surface area (Å²) in [5.41, 5.74) is 3.71. The van der Waals surface area contributed by atoms with E-state index in [1.165, 1.54) is 4.31 Å². The number of allylic oxidation sites excluding steroid dienone is 3. The zero-order valence-electron chi connectivity index (χ0n) is 12.8. The van der Waals surface area contributed by atoms with Crippen LogP contribution in [0, 0.1) is 6.92 Å². The minimum Gasteiger partial charge on any atom is -0.294 e. The molecule has 1 aromatic carbocycles. The fourth-order valence-electron chi connectivity index (χ4n) is 2.98. The van der Waals surface area contributed by atoms with Gasteiger partial charge in [-0.25, -0.2) is 8.42 Å². The molecule has 0 amide bonds. The van der Waals surface area contributed by atoms with Crippen molar-refractivity contribution >= 4 is 15.8 Å². The summed E-state index contributed by atoms with van der Waals surface area (Å²) in [5, 5.41) is 0. The number of aryl methyl sites for hydroxylation is 1. The molecule has 1 heterocycles. The summed E-state index contributed by atoms with van der Waals surface area (Å²) in [7, 11) is -3.55. The number of hydrogen-bond acceptors (Lipinski definition) is 3. The van der Waals surface area contributed by atoms with E-state index in [1.54, 1.807) is 30.5 Å². The average Bonchev–Trinajstić information content (AvgIpc) is 2.66. The summed E-state index contributed by atoms with van der Waals surface area (Å²) >= 11 is 0. The molecule has 3 rings (SSSR count). The second-order valence-corrected chi connectivity index (χ2v) is 7.78. The Morgan fingerprint density at radius 1 is 1.09 bits per heavy atom. The Labute approximate surface area is 131 Å². The van der Waals surface area contributed by atoms with Crippen molar-refractivity contribution in [2.75, 3.05) is 6.54 Å². The highest BCUT2D eigenvalue weighted by molar-refractivity contribution is 7.89. The van der Waals surface area contributed by atoms with Crippen molar-refractivity contribution in [3.63, 3.8) is 0 Å². The van der Waals surface area contributed by atoms with Gasteiger partial charge in [-0.15, -0.1) is 0 Å². The third kappa shape index (κ3) is 2.50. The van der Waals surface area contributed by atoms with Gasteiger partial charge in [0.05, 0.1) is 4.90 Å². The first kappa shape index (κ1) is 15.0. The lowest BCUT2D eigenvalue weighted by Crippen LogP contribution is -2.26. The molecule has 0 radical (unpaired) electrons. The highest BCUT2D eigenvalue weighted by Crippen LogP contribution is 2.35. The summed E-state index contributed by atoms with van der Waals surface area (Å²) in [5.74, 6) is 0.107. The predicted octanol–water partition coefficient (Wildman–Crippen LogP) is 2.95. The third-order valence-corrected chi connectivity index (χ3v) is 6.12. The van der Waals surface area contributed by atoms with E-state index in [4.69, 9.17) is 0 Å². The molecule has 0 bridgehead atoms. The molecule has 22 heavy (non-hydrogen) atoms. The van der Waals surface area contributed by atoms with Gasteiger partial charge < -0.3 is 0 Å². The quantitative estimate of drug-likeness (QED) is 0.842. The fourth-order valence-corrected chi connectivity index (χ4v) is 4.36. The van der Waals surface area contributed by atoms with Crippen molar-refractivity contribution in [3.8, 4) is 0 Å². The molecule has 116 valence electrons. The Balaban J connectivity index is 2.00. The van der Waals surface area contributed by atoms with E-state index < -0.39 is 10.0 Å². The Morgan fingerprint density at radius 2 is 1.77 bits per heavy atom. The lowest BCUT2D eigenvalue weighted by Gasteiger charge is -2.19. The van der Waals surface area contributed by atoms with Crippen molar-refractivity contribution in [3.05, 3.63) is 52.7 Å². The molecular formula is C17H19NO3S. The molecule has 5 heteroatoms. The Kier molecular flexibility index (Phi) is 3.68. The number of benzene rings is 1. The van der Waals surface area contributed by atoms with Crippen molar-refractivity contribution < 1.29 is 13.2 Å². The van der Waals surface area contributed by atoms with Gasteiger partial charge in [0.15, 0.2) is 5.78 Å². The lowest BCUT2D eigenvalue weighted by atomic mass is 10.0. The van der Waals surface area contributed by atoms with Crippen molar-refractivity contribution in [2.45, 2.75) is 38.0 Å². The second-order valence-electron chi connectivity index (χ2n) is 5.89. The lowest BCUT2D eigenvalue weighted by molar-refractivity contribution is -0.114. The highest BCUT2D eigenvalue weighted by atomic mass is 32.2. The molecule has 0 spiro atoms. The molecule has 0 aromatic heterocycles. The van der Waals surface area contributed by atoms with Gasteiger partial charge in [0.1, 0.15) is 0 Å². The topological polar surface area (TPSA) is 54.5 Å². The van der Waals surface area contributed by atoms with Crippen LogP contribution in [0.1, 0.15) is 31.7 Å². The number of fused-ring (bicyclic) bond motifs is 1. The summed E-state index contributed by atoms with van der Waals surface area (Å²) in [6, 6.07) is 6.87. The number of rotatable bonds is 2. The third-order valence-electron chi connectivity index (χ3n) is 4.34. The highest BCUT2D eigenvalue weighted by Gasteiger charge is 2.30. The van der Waals surface area contributed by atoms with Crippen molar-refractivity contribution in [2.24, 2.45) is 0 Å². The molecule has 4 nitrogen and oxygen atoms in total. The van der Waals surface area contributed by atoms with E-state index in [1.807, 2.05) is 13.8 Å². The van der Waals surface area contributed by atoms with Gasteiger partial charge in [-0.3, -0.25) is 9.10 Å². The first-order valence-corrected chi connectivity index (χ1v) is 8.86. The smallest absolute Gasteiger partial charge is 0.263 e. The molecule has 2 aliphatic rings. The summed E-state index contributed by atoms with van der Waals surface area (Å²) in [4.78, 5) is 12.1. The standard InChI is InChI=1S/C17H19NO3S/c1-12-5-7-15(8-6-12)22(20,21)18-9-3-4-16-13(2)17(19)10-14(16)11-18/h5-8,11H,3-4,9-10H2,1-2H3. The minimum atomic E-state index is -3.55. The molecule has 0 saturated carbocycles. The Morgan fingerprint density at radius 3 is 2.45 bits per heavy atom. The van der Waals surface area contributed by atoms with Crippen LogP contribution in [0.3, 0.4) is 0 Å². The van der Waals surface area contributed by atoms with Gasteiger partial charge in [0.25, 0.3) is 10.0 Å². The summed E-state index contributed by atoms with van der Waals surface area (Å²) in [6.45, 7) is 4.21. The van der Waals surface area contributed by atoms with Crippen LogP contribution in [-0.4, -0.2) is 25.1 Å². The van der Waals surface area contributed by atoms with E-state index in [9.17, 15) is 13.2 Å². The Hall–Kier alpha value is -1.88. The summed E-state index contributed by atoms with van der Waals surface area (Å²) < 4.78 is 27.0. The van der Waals surface area contributed by atoms with Crippen molar-refractivity contribution in [1.29, 1.82) is 0 Å². The number of carbonyl (C=O) groups excluding carboxylic acids is 1. The molecule has 0 N–H and O–H groups in total. The second kappa shape index (κ2) is 5.39. The van der Waals surface area contributed by atoms with Gasteiger partial charge in [0.2, 0.25) is 0 Å². The number of hydrogen-bond donors (Lipinski definition) is 0. The van der Waals surface area contributed by atoms with Crippen LogP contribution in [0.4, 0.5) is 0 Å². The van der Waals surface area contributed by atoms with Gasteiger partial charge in [-0.2, -0.15) is 0 Å². The first-order valence-electron chi connectivity index (χ1n) is 7.42. The van der Waals surface area contributed by atoms with E-state index in [-0.39, 0.29) is 5.78 Å². The molecule has 1 aliphatic heterocycles. The van der Waals surface area contributed by atoms with Gasteiger partial charge in [-0.1, -0.05) is 17.7 Å². The van der Waals surface area contributed by atoms with Crippen LogP contribution in [0.5, 0.6) is 0 Å². The first-order chi connectivity index (χ1) is 10.4. The zero-order chi connectivity index (χ0) is 15.9. The average molecular weight is 317 g/mol. The van der Waals surface area contributed by atoms with Crippen LogP contribution in [-0.2, 0) is 14.8 Å². The predicted molar refractivity (Wildman–Crippen MR) is 84.7 cm³/mol. The van der Waals surface area contributed by atoms with Gasteiger partial charge in [0, 0.05) is 19.2 Å². The maximum Gasteiger partial charge on any atom is 0.263 e. The van der Waals surface area contributed by atoms with Crippen LogP contribution in [0.25, 0.3) is 0 Å². The number of Topliss-reactive ketones (excluding diaryl/α,β-unsaturated/α-hetero) is 1. The van der Waals surface area contributed by atoms with Crippen molar-refractivity contribution in [1.82, 2.24) is 4.31 Å². The SMILES string of the molecule is CC1=C2CCCN(S(=O)(=O)c3ccc(C)cc3)C=C2CC1=O. The molecule has 0 fully saturated rings. The molecular weight excluding hydrogens is 298 g/mol. The van der Waals surface area contributed by atoms with E-state index >= 15 is 0 Å². The number of ketones is 1. The zero-order valence-corrected chi connectivity index (χ0v) is 13.6. The normalized spacial score (nSPS) is 19.1. The number of nitrogens with zero attached hydrogens (tertiary/aromatic N) is 1. The largest absolute Gasteiger partial charge is 0.294 e. The molecule has 0 saturated heterocycles. The number of sulfonamides is 1. The van der Waals surface area contributed by atoms with E-state index in [0.717, 1.165) is 35.1 Å². The summed E-state index contributed by atoms with van der Waals surface area (Å²) in [6.07, 6.45) is 3.47. The molecule has 0 unspecified atom stereocenters. The van der Waals surface area contributed by atoms with Crippen LogP contribution in [0.2, 0.25) is 0 Å². The molecule has 1 aromatic rings. The van der Waals surface area contributed by atoms with E-state index in [2.05, 4.69) is 0 Å². The monoisotopic (exact) mass is 317 g/mol. The fraction of sp³-hybridized carbons (Fsp3) is 0.353. The molecule has 0 atom stereocenters. The van der Waals surface area contributed by atoms with Crippen LogP contribution in [0.15, 0.2) is 52.1 Å². The maximum absolute atomic E-state index is 12.8. The van der Waals surface area contributed by atoms with Gasteiger partial charge in [-0.05, 0) is 55.5 Å². The van der Waals surface area contributed by atoms with E-state index in [0.29, 0.717) is 17.9 Å². The van der Waals surface area contributed by atoms with Crippen LogP contribution >= 0.6 is 0 Å². The Bertz CT molecular complexity index is 786. The maximum atomic E-state index is 12.8.